The molecular formula is C14H19NO4S3. The van der Waals surface area contributed by atoms with Crippen LogP contribution in [0, 0.1) is 0 Å². The standard InChI is InChI=1S/C13H16NS2.CH4O4S/c1-4-14-11-7-5-6-8-12(11)16-13(14)9-10(2)15-3;1-5-6(2,3)4/h5-9H,4H2,1-3H3;1H3,(H,2,3,4)/q+1;/p-1. The lowest BCUT2D eigenvalue weighted by atomic mass is 10.3. The monoisotopic (exact) mass is 361 g/mol. The molecule has 0 amide bonds. The summed E-state index contributed by atoms with van der Waals surface area (Å²) in [5, 5.41) is 1.34. The summed E-state index contributed by atoms with van der Waals surface area (Å²) in [6, 6.07) is 8.60. The Morgan fingerprint density at radius 3 is 2.55 bits per heavy atom. The number of hydrogen-bond donors (Lipinski definition) is 0. The molecule has 0 fully saturated rings. The number of aromatic nitrogens is 1. The number of para-hydroxylation sites is 1. The minimum Gasteiger partial charge on any atom is -0.726 e. The third kappa shape index (κ3) is 5.69. The molecule has 0 saturated carbocycles. The summed E-state index contributed by atoms with van der Waals surface area (Å²) in [4.78, 5) is 1.36. The van der Waals surface area contributed by atoms with Crippen LogP contribution in [0.4, 0.5) is 0 Å². The first kappa shape index (κ1) is 19.1. The molecular weight excluding hydrogens is 342 g/mol. The highest BCUT2D eigenvalue weighted by atomic mass is 32.3. The molecule has 0 N–H and O–H groups in total. The van der Waals surface area contributed by atoms with Crippen molar-refractivity contribution in [3.05, 3.63) is 34.2 Å². The number of hydrogen-bond acceptors (Lipinski definition) is 6. The SMILES string of the molecule is CC[n+]1c(C=C(C)SC)sc2ccccc21.COS(=O)(=O)[O-]. The second kappa shape index (κ2) is 8.64. The van der Waals surface area contributed by atoms with E-state index >= 15 is 0 Å². The van der Waals surface area contributed by atoms with E-state index in [4.69, 9.17) is 0 Å². The number of benzene rings is 1. The molecule has 2 aromatic rings. The Kier molecular flexibility index (Phi) is 7.51. The summed E-state index contributed by atoms with van der Waals surface area (Å²) in [6.45, 7) is 5.39. The van der Waals surface area contributed by atoms with Crippen molar-refractivity contribution in [2.24, 2.45) is 0 Å². The van der Waals surface area contributed by atoms with Crippen LogP contribution in [-0.2, 0) is 21.1 Å². The zero-order chi connectivity index (χ0) is 16.8. The smallest absolute Gasteiger partial charge is 0.263 e. The summed E-state index contributed by atoms with van der Waals surface area (Å²) in [5.74, 6) is 0. The van der Waals surface area contributed by atoms with Gasteiger partial charge in [-0.25, -0.2) is 8.42 Å². The van der Waals surface area contributed by atoms with Crippen molar-refractivity contribution in [3.63, 3.8) is 0 Å². The lowest BCUT2D eigenvalue weighted by molar-refractivity contribution is -0.665. The molecule has 22 heavy (non-hydrogen) atoms. The second-order valence-electron chi connectivity index (χ2n) is 4.19. The fraction of sp³-hybridized carbons (Fsp3) is 0.357. The summed E-state index contributed by atoms with van der Waals surface area (Å²) < 4.78 is 34.8. The van der Waals surface area contributed by atoms with Gasteiger partial charge >= 0.3 is 0 Å². The Bertz CT molecular complexity index is 751. The van der Waals surface area contributed by atoms with Gasteiger partial charge in [0, 0.05) is 12.1 Å². The molecule has 0 aliphatic carbocycles. The molecule has 0 spiro atoms. The van der Waals surface area contributed by atoms with Gasteiger partial charge in [0.05, 0.1) is 7.11 Å². The highest BCUT2D eigenvalue weighted by Crippen LogP contribution is 2.23. The second-order valence-corrected chi connectivity index (χ2v) is 7.45. The van der Waals surface area contributed by atoms with Crippen LogP contribution in [0.2, 0.25) is 0 Å². The molecule has 0 bridgehead atoms. The Balaban J connectivity index is 0.000000346. The zero-order valence-electron chi connectivity index (χ0n) is 12.9. The fourth-order valence-corrected chi connectivity index (χ4v) is 3.25. The molecule has 0 unspecified atom stereocenters. The number of thiazole rings is 1. The van der Waals surface area contributed by atoms with Crippen LogP contribution < -0.4 is 4.57 Å². The minimum atomic E-state index is -4.41. The summed E-state index contributed by atoms with van der Waals surface area (Å²) in [5.41, 5.74) is 1.34. The zero-order valence-corrected chi connectivity index (χ0v) is 15.3. The summed E-state index contributed by atoms with van der Waals surface area (Å²) in [6.07, 6.45) is 4.40. The van der Waals surface area contributed by atoms with Crippen molar-refractivity contribution in [2.45, 2.75) is 20.4 Å². The van der Waals surface area contributed by atoms with Crippen LogP contribution in [0.15, 0.2) is 29.2 Å². The maximum Gasteiger partial charge on any atom is 0.263 e. The predicted molar refractivity (Wildman–Crippen MR) is 91.6 cm³/mol. The molecule has 0 saturated heterocycles. The molecule has 0 aliphatic heterocycles. The number of aryl methyl sites for hydroxylation is 1. The number of nitrogens with zero attached hydrogens (tertiary/aromatic N) is 1. The van der Waals surface area contributed by atoms with Crippen molar-refractivity contribution in [1.29, 1.82) is 0 Å². The van der Waals surface area contributed by atoms with Gasteiger partial charge in [0.2, 0.25) is 15.9 Å². The summed E-state index contributed by atoms with van der Waals surface area (Å²) >= 11 is 3.67. The Morgan fingerprint density at radius 2 is 2.05 bits per heavy atom. The van der Waals surface area contributed by atoms with E-state index in [0.29, 0.717) is 0 Å². The van der Waals surface area contributed by atoms with Crippen LogP contribution in [-0.4, -0.2) is 26.3 Å². The molecule has 2 rings (SSSR count). The van der Waals surface area contributed by atoms with Crippen molar-refractivity contribution in [2.75, 3.05) is 13.4 Å². The highest BCUT2D eigenvalue weighted by Gasteiger charge is 2.16. The Morgan fingerprint density at radius 1 is 1.45 bits per heavy atom. The van der Waals surface area contributed by atoms with E-state index in [1.165, 1.54) is 20.1 Å². The van der Waals surface area contributed by atoms with Gasteiger partial charge in [-0.15, -0.1) is 11.8 Å². The van der Waals surface area contributed by atoms with E-state index in [9.17, 15) is 13.0 Å². The van der Waals surface area contributed by atoms with E-state index in [2.05, 4.69) is 59.2 Å². The van der Waals surface area contributed by atoms with Crippen molar-refractivity contribution in [1.82, 2.24) is 0 Å². The van der Waals surface area contributed by atoms with Crippen molar-refractivity contribution >= 4 is 49.8 Å². The lowest BCUT2D eigenvalue weighted by Gasteiger charge is -1.98. The molecule has 1 heterocycles. The average Bonchev–Trinajstić information content (AvgIpc) is 2.83. The topological polar surface area (TPSA) is 70.3 Å². The molecule has 1 aromatic heterocycles. The van der Waals surface area contributed by atoms with Crippen LogP contribution in [0.3, 0.4) is 0 Å². The molecule has 8 heteroatoms. The minimum absolute atomic E-state index is 0.808. The maximum absolute atomic E-state index is 9.22. The van der Waals surface area contributed by atoms with Crippen LogP contribution in [0.25, 0.3) is 16.3 Å². The van der Waals surface area contributed by atoms with Gasteiger partial charge in [0.25, 0.3) is 5.01 Å². The third-order valence-electron chi connectivity index (χ3n) is 2.81. The van der Waals surface area contributed by atoms with Gasteiger partial charge in [-0.05, 0) is 31.1 Å². The van der Waals surface area contributed by atoms with Gasteiger partial charge in [-0.1, -0.05) is 23.5 Å². The third-order valence-corrected chi connectivity index (χ3v) is 5.09. The van der Waals surface area contributed by atoms with Gasteiger partial charge in [-0.3, -0.25) is 4.18 Å². The molecule has 5 nitrogen and oxygen atoms in total. The van der Waals surface area contributed by atoms with Crippen LogP contribution in [0.5, 0.6) is 0 Å². The van der Waals surface area contributed by atoms with Gasteiger partial charge in [0.15, 0.2) is 0 Å². The van der Waals surface area contributed by atoms with E-state index < -0.39 is 10.4 Å². The normalized spacial score (nSPS) is 12.1. The van der Waals surface area contributed by atoms with Gasteiger partial charge < -0.3 is 4.55 Å². The van der Waals surface area contributed by atoms with Crippen molar-refractivity contribution < 1.29 is 21.7 Å². The van der Waals surface area contributed by atoms with Crippen molar-refractivity contribution in [3.8, 4) is 0 Å². The molecule has 0 radical (unpaired) electrons. The fourth-order valence-electron chi connectivity index (χ4n) is 1.72. The molecule has 1 aromatic carbocycles. The van der Waals surface area contributed by atoms with E-state index in [1.807, 2.05) is 11.3 Å². The average molecular weight is 362 g/mol. The quantitative estimate of drug-likeness (QED) is 0.476. The first-order chi connectivity index (χ1) is 10.3. The number of fused-ring (bicyclic) bond motifs is 1. The Labute approximate surface area is 139 Å². The van der Waals surface area contributed by atoms with E-state index in [1.54, 1.807) is 11.8 Å². The number of thioether (sulfide) groups is 1. The van der Waals surface area contributed by atoms with E-state index in [0.717, 1.165) is 13.7 Å². The highest BCUT2D eigenvalue weighted by molar-refractivity contribution is 8.02. The van der Waals surface area contributed by atoms with Crippen LogP contribution >= 0.6 is 23.1 Å². The van der Waals surface area contributed by atoms with Gasteiger partial charge in [0.1, 0.15) is 11.2 Å². The van der Waals surface area contributed by atoms with Crippen LogP contribution in [0.1, 0.15) is 18.9 Å². The summed E-state index contributed by atoms with van der Waals surface area (Å²) in [7, 11) is -3.60. The first-order valence-electron chi connectivity index (χ1n) is 6.47. The first-order valence-corrected chi connectivity index (χ1v) is 9.85. The maximum atomic E-state index is 9.22. The van der Waals surface area contributed by atoms with E-state index in [-0.39, 0.29) is 0 Å². The lowest BCUT2D eigenvalue weighted by Crippen LogP contribution is -2.33. The largest absolute Gasteiger partial charge is 0.726 e. The van der Waals surface area contributed by atoms with Gasteiger partial charge in [-0.2, -0.15) is 4.57 Å². The molecule has 122 valence electrons. The molecule has 0 aliphatic rings. The number of rotatable bonds is 4. The number of allylic oxidation sites excluding steroid dienone is 1. The predicted octanol–water partition coefficient (Wildman–Crippen LogP) is 3.03. The Hall–Kier alpha value is -0.930. The molecule has 0 atom stereocenters.